The Balaban J connectivity index is 1.48. The summed E-state index contributed by atoms with van der Waals surface area (Å²) in [5.74, 6) is 0.502. The molecular weight excluding hydrogens is 540 g/mol. The van der Waals surface area contributed by atoms with Crippen molar-refractivity contribution in [1.29, 1.82) is 0 Å². The molecule has 1 aliphatic carbocycles. The summed E-state index contributed by atoms with van der Waals surface area (Å²) in [5.41, 5.74) is 7.20. The molecule has 4 heteroatoms. The lowest BCUT2D eigenvalue weighted by molar-refractivity contribution is 0.390. The van der Waals surface area contributed by atoms with Gasteiger partial charge in [-0.3, -0.25) is 9.98 Å². The fraction of sp³-hybridized carbons (Fsp3) is 0.350. The van der Waals surface area contributed by atoms with Crippen molar-refractivity contribution in [3.05, 3.63) is 107 Å². The maximum absolute atomic E-state index is 11.4. The number of aliphatic imine (C=N–C) groups is 2. The van der Waals surface area contributed by atoms with E-state index in [0.29, 0.717) is 0 Å². The Morgan fingerprint density at radius 1 is 0.568 bits per heavy atom. The van der Waals surface area contributed by atoms with Crippen molar-refractivity contribution in [3.8, 4) is 33.8 Å². The zero-order valence-corrected chi connectivity index (χ0v) is 27.0. The van der Waals surface area contributed by atoms with Gasteiger partial charge in [0.15, 0.2) is 0 Å². The van der Waals surface area contributed by atoms with Crippen molar-refractivity contribution >= 4 is 12.4 Å². The van der Waals surface area contributed by atoms with Crippen LogP contribution in [0.3, 0.4) is 0 Å². The second-order valence-electron chi connectivity index (χ2n) is 14.1. The van der Waals surface area contributed by atoms with Gasteiger partial charge in [-0.2, -0.15) is 0 Å². The number of phenols is 2. The zero-order chi connectivity index (χ0) is 31.5. The second-order valence-corrected chi connectivity index (χ2v) is 14.1. The molecular formula is C40H46N2O2. The smallest absolute Gasteiger partial charge is 0.132 e. The molecule has 2 N–H and O–H groups in total. The van der Waals surface area contributed by atoms with Crippen LogP contribution < -0.4 is 0 Å². The van der Waals surface area contributed by atoms with Crippen LogP contribution in [0.2, 0.25) is 0 Å². The molecule has 0 unspecified atom stereocenters. The van der Waals surface area contributed by atoms with Gasteiger partial charge < -0.3 is 10.2 Å². The molecule has 0 radical (unpaired) electrons. The van der Waals surface area contributed by atoms with E-state index >= 15 is 0 Å². The third-order valence-electron chi connectivity index (χ3n) is 8.68. The molecule has 0 spiro atoms. The summed E-state index contributed by atoms with van der Waals surface area (Å²) in [6.07, 6.45) is 7.77. The van der Waals surface area contributed by atoms with Crippen molar-refractivity contribution in [2.24, 2.45) is 9.98 Å². The highest BCUT2D eigenvalue weighted by Gasteiger charge is 2.25. The molecule has 0 aromatic heterocycles. The van der Waals surface area contributed by atoms with E-state index in [1.165, 1.54) is 0 Å². The van der Waals surface area contributed by atoms with Gasteiger partial charge in [-0.25, -0.2) is 0 Å². The third kappa shape index (κ3) is 7.13. The molecule has 0 aliphatic heterocycles. The Kier molecular flexibility index (Phi) is 9.10. The minimum Gasteiger partial charge on any atom is -0.507 e. The van der Waals surface area contributed by atoms with Gasteiger partial charge in [0.25, 0.3) is 0 Å². The summed E-state index contributed by atoms with van der Waals surface area (Å²) >= 11 is 0. The van der Waals surface area contributed by atoms with Crippen molar-refractivity contribution < 1.29 is 10.2 Å². The third-order valence-corrected chi connectivity index (χ3v) is 8.68. The molecule has 4 aromatic rings. The van der Waals surface area contributed by atoms with E-state index in [2.05, 4.69) is 65.8 Å². The lowest BCUT2D eigenvalue weighted by atomic mass is 9.83. The van der Waals surface area contributed by atoms with Crippen LogP contribution >= 0.6 is 0 Å². The van der Waals surface area contributed by atoms with E-state index in [9.17, 15) is 10.2 Å². The van der Waals surface area contributed by atoms with E-state index in [1.807, 2.05) is 73.1 Å². The standard InChI is InChI=1S/C40H46N2O2/c1-39(2,3)31-21-29(37(43)33(23-31)27-15-9-7-10-16-27)25-41-35-19-13-14-20-36(35)42-26-30-22-32(40(4,5)6)24-34(38(30)44)28-17-11-8-12-18-28/h7-12,15-18,21-26,35-36,43-44H,13-14,19-20H2,1-6H3/b41-25+,42-26+/t35-,36-/m1/s1. The van der Waals surface area contributed by atoms with Gasteiger partial charge in [-0.15, -0.1) is 0 Å². The Bertz CT molecular complexity index is 1520. The van der Waals surface area contributed by atoms with Gasteiger partial charge in [0.2, 0.25) is 0 Å². The van der Waals surface area contributed by atoms with Crippen LogP contribution in [0.25, 0.3) is 22.3 Å². The van der Waals surface area contributed by atoms with Gasteiger partial charge >= 0.3 is 0 Å². The average molecular weight is 587 g/mol. The molecule has 0 bridgehead atoms. The Morgan fingerprint density at radius 2 is 0.932 bits per heavy atom. The van der Waals surface area contributed by atoms with Gasteiger partial charge in [0.05, 0.1) is 12.1 Å². The first kappa shape index (κ1) is 31.3. The van der Waals surface area contributed by atoms with Gasteiger partial charge in [-0.05, 0) is 70.2 Å². The van der Waals surface area contributed by atoms with E-state index in [-0.39, 0.29) is 34.4 Å². The molecule has 44 heavy (non-hydrogen) atoms. The quantitative estimate of drug-likeness (QED) is 0.221. The van der Waals surface area contributed by atoms with Crippen LogP contribution in [0.15, 0.2) is 94.9 Å². The number of rotatable bonds is 6. The highest BCUT2D eigenvalue weighted by molar-refractivity contribution is 5.90. The first-order valence-electron chi connectivity index (χ1n) is 15.8. The first-order chi connectivity index (χ1) is 20.9. The van der Waals surface area contributed by atoms with Crippen molar-refractivity contribution in [2.45, 2.75) is 90.1 Å². The lowest BCUT2D eigenvalue weighted by Crippen LogP contribution is -2.27. The highest BCUT2D eigenvalue weighted by atomic mass is 16.3. The molecule has 1 aliphatic rings. The van der Waals surface area contributed by atoms with Gasteiger partial charge in [-0.1, -0.05) is 115 Å². The second kappa shape index (κ2) is 12.8. The van der Waals surface area contributed by atoms with Crippen molar-refractivity contribution in [3.63, 3.8) is 0 Å². The number of phenolic OH excluding ortho intramolecular Hbond substituents is 2. The minimum atomic E-state index is -0.0836. The monoisotopic (exact) mass is 586 g/mol. The number of hydrogen-bond donors (Lipinski definition) is 2. The van der Waals surface area contributed by atoms with E-state index < -0.39 is 0 Å². The Labute approximate surface area is 263 Å². The molecule has 1 fully saturated rings. The molecule has 228 valence electrons. The van der Waals surface area contributed by atoms with Crippen LogP contribution in [0.5, 0.6) is 11.5 Å². The number of nitrogens with zero attached hydrogens (tertiary/aromatic N) is 2. The van der Waals surface area contributed by atoms with Crippen molar-refractivity contribution in [2.75, 3.05) is 0 Å². The van der Waals surface area contributed by atoms with E-state index in [0.717, 1.165) is 70.2 Å². The molecule has 4 aromatic carbocycles. The Hall–Kier alpha value is -4.18. The molecule has 0 amide bonds. The minimum absolute atomic E-state index is 0.000552. The van der Waals surface area contributed by atoms with Crippen molar-refractivity contribution in [1.82, 2.24) is 0 Å². The van der Waals surface area contributed by atoms with Crippen LogP contribution in [-0.2, 0) is 10.8 Å². The largest absolute Gasteiger partial charge is 0.507 e. The van der Waals surface area contributed by atoms with Crippen LogP contribution in [-0.4, -0.2) is 34.7 Å². The molecule has 0 heterocycles. The van der Waals surface area contributed by atoms with Crippen LogP contribution in [0, 0.1) is 0 Å². The fourth-order valence-electron chi connectivity index (χ4n) is 5.84. The van der Waals surface area contributed by atoms with Gasteiger partial charge in [0.1, 0.15) is 11.5 Å². The summed E-state index contributed by atoms with van der Waals surface area (Å²) in [6, 6.07) is 28.4. The highest BCUT2D eigenvalue weighted by Crippen LogP contribution is 2.38. The van der Waals surface area contributed by atoms with Crippen LogP contribution in [0.4, 0.5) is 0 Å². The summed E-state index contributed by atoms with van der Waals surface area (Å²) < 4.78 is 0. The maximum atomic E-state index is 11.4. The molecule has 0 saturated heterocycles. The predicted octanol–water partition coefficient (Wildman–Crippen LogP) is 9.88. The summed E-state index contributed by atoms with van der Waals surface area (Å²) in [5, 5.41) is 22.7. The van der Waals surface area contributed by atoms with Crippen LogP contribution in [0.1, 0.15) is 89.5 Å². The topological polar surface area (TPSA) is 65.2 Å². The molecule has 5 rings (SSSR count). The first-order valence-corrected chi connectivity index (χ1v) is 15.8. The summed E-state index contributed by atoms with van der Waals surface area (Å²) in [6.45, 7) is 13.1. The number of hydrogen-bond acceptors (Lipinski definition) is 4. The number of benzene rings is 4. The van der Waals surface area contributed by atoms with E-state index in [4.69, 9.17) is 9.98 Å². The fourth-order valence-corrected chi connectivity index (χ4v) is 5.84. The SMILES string of the molecule is CC(C)(C)c1cc(/C=N/[C@@H]2CCCC[C@H]2/N=C/c2cc(C(C)(C)C)cc(-c3ccccc3)c2O)c(O)c(-c2ccccc2)c1. The molecule has 4 nitrogen and oxygen atoms in total. The van der Waals surface area contributed by atoms with E-state index in [1.54, 1.807) is 0 Å². The molecule has 2 atom stereocenters. The normalized spacial score (nSPS) is 17.9. The summed E-state index contributed by atoms with van der Waals surface area (Å²) in [7, 11) is 0. The lowest BCUT2D eigenvalue weighted by Gasteiger charge is -2.26. The molecule has 1 saturated carbocycles. The zero-order valence-electron chi connectivity index (χ0n) is 27.0. The van der Waals surface area contributed by atoms with Gasteiger partial charge in [0, 0.05) is 34.7 Å². The predicted molar refractivity (Wildman–Crippen MR) is 186 cm³/mol. The maximum Gasteiger partial charge on any atom is 0.132 e. The summed E-state index contributed by atoms with van der Waals surface area (Å²) in [4.78, 5) is 10.1. The Morgan fingerprint density at radius 3 is 1.27 bits per heavy atom. The average Bonchev–Trinajstić information content (AvgIpc) is 3.00. The number of aromatic hydroxyl groups is 2.